The van der Waals surface area contributed by atoms with Gasteiger partial charge < -0.3 is 14.5 Å². The van der Waals surface area contributed by atoms with Crippen LogP contribution in [0.4, 0.5) is 0 Å². The number of benzene rings is 1. The number of hydrogen-bond acceptors (Lipinski definition) is 4. The number of hydrogen-bond donors (Lipinski definition) is 0. The van der Waals surface area contributed by atoms with Gasteiger partial charge in [-0.2, -0.15) is 5.26 Å². The highest BCUT2D eigenvalue weighted by Gasteiger charge is 2.38. The number of amides is 1. The molecule has 2 aliphatic heterocycles. The van der Waals surface area contributed by atoms with Gasteiger partial charge in [0.1, 0.15) is 5.75 Å². The van der Waals surface area contributed by atoms with Crippen molar-refractivity contribution in [1.82, 2.24) is 9.80 Å². The third-order valence-corrected chi connectivity index (χ3v) is 4.99. The van der Waals surface area contributed by atoms with Gasteiger partial charge in [-0.1, -0.05) is 0 Å². The third kappa shape index (κ3) is 3.48. The van der Waals surface area contributed by atoms with E-state index in [2.05, 4.69) is 18.0 Å². The van der Waals surface area contributed by atoms with E-state index in [4.69, 9.17) is 10.00 Å². The molecule has 0 aliphatic carbocycles. The first-order chi connectivity index (χ1) is 11.2. The number of ether oxygens (including phenoxy) is 1. The summed E-state index contributed by atoms with van der Waals surface area (Å²) in [6, 6.07) is 9.77. The molecule has 0 unspecified atom stereocenters. The van der Waals surface area contributed by atoms with Crippen LogP contribution in [0.5, 0.6) is 5.75 Å². The molecule has 1 aromatic rings. The van der Waals surface area contributed by atoms with Gasteiger partial charge in [-0.25, -0.2) is 0 Å². The summed E-state index contributed by atoms with van der Waals surface area (Å²) in [5, 5.41) is 8.79. The Morgan fingerprint density at radius 1 is 1.22 bits per heavy atom. The highest BCUT2D eigenvalue weighted by Crippen LogP contribution is 2.29. The van der Waals surface area contributed by atoms with Crippen LogP contribution in [-0.2, 0) is 4.79 Å². The summed E-state index contributed by atoms with van der Waals surface area (Å²) in [5.41, 5.74) is 0.590. The number of likely N-dealkylation sites (N-methyl/N-ethyl adjacent to an activating group) is 1. The summed E-state index contributed by atoms with van der Waals surface area (Å²) < 4.78 is 5.60. The van der Waals surface area contributed by atoms with Crippen LogP contribution in [0.3, 0.4) is 0 Å². The minimum atomic E-state index is 0.0668. The Balaban J connectivity index is 1.57. The minimum absolute atomic E-state index is 0.0668. The summed E-state index contributed by atoms with van der Waals surface area (Å²) >= 11 is 0. The Labute approximate surface area is 137 Å². The van der Waals surface area contributed by atoms with Crippen LogP contribution in [-0.4, -0.2) is 54.5 Å². The zero-order valence-electron chi connectivity index (χ0n) is 13.6. The van der Waals surface area contributed by atoms with Gasteiger partial charge in [0.15, 0.2) is 6.61 Å². The summed E-state index contributed by atoms with van der Waals surface area (Å²) in [6.07, 6.45) is 4.58. The zero-order chi connectivity index (χ0) is 16.2. The van der Waals surface area contributed by atoms with Gasteiger partial charge in [0.25, 0.3) is 5.91 Å². The second-order valence-electron chi connectivity index (χ2n) is 6.41. The van der Waals surface area contributed by atoms with Gasteiger partial charge in [-0.15, -0.1) is 0 Å². The fourth-order valence-corrected chi connectivity index (χ4v) is 3.78. The van der Waals surface area contributed by atoms with Crippen molar-refractivity contribution in [2.45, 2.75) is 37.8 Å². The molecule has 2 saturated heterocycles. The first-order valence-electron chi connectivity index (χ1n) is 8.31. The molecule has 5 nitrogen and oxygen atoms in total. The number of carbonyl (C=O) groups is 1. The molecule has 1 amide bonds. The molecular formula is C18H23N3O2. The van der Waals surface area contributed by atoms with E-state index < -0.39 is 0 Å². The van der Waals surface area contributed by atoms with Gasteiger partial charge in [-0.05, 0) is 63.5 Å². The van der Waals surface area contributed by atoms with Crippen LogP contribution in [0.1, 0.15) is 31.2 Å². The van der Waals surface area contributed by atoms with E-state index in [0.29, 0.717) is 23.4 Å². The molecule has 23 heavy (non-hydrogen) atoms. The lowest BCUT2D eigenvalue weighted by Gasteiger charge is -2.33. The molecule has 2 heterocycles. The average molecular weight is 313 g/mol. The van der Waals surface area contributed by atoms with Gasteiger partial charge >= 0.3 is 0 Å². The molecule has 0 spiro atoms. The van der Waals surface area contributed by atoms with Crippen molar-refractivity contribution in [2.75, 3.05) is 26.7 Å². The Morgan fingerprint density at radius 2 is 1.91 bits per heavy atom. The van der Waals surface area contributed by atoms with Crippen molar-refractivity contribution in [1.29, 1.82) is 5.26 Å². The molecule has 0 saturated carbocycles. The second-order valence-corrected chi connectivity index (χ2v) is 6.41. The Kier molecular flexibility index (Phi) is 4.82. The Hall–Kier alpha value is -2.06. The molecule has 3 rings (SSSR count). The third-order valence-electron chi connectivity index (χ3n) is 4.99. The standard InChI is InChI=1S/C18H23N3O2/c1-20-10-2-4-16(20)17-5-3-11-21(17)18(22)13-23-15-8-6-14(12-19)7-9-15/h6-9,16-17H,2-5,10-11,13H2,1H3/t16-,17-/m0/s1. The van der Waals surface area contributed by atoms with Crippen LogP contribution < -0.4 is 4.74 Å². The van der Waals surface area contributed by atoms with E-state index in [-0.39, 0.29) is 12.5 Å². The number of carbonyl (C=O) groups excluding carboxylic acids is 1. The fraction of sp³-hybridized carbons (Fsp3) is 0.556. The van der Waals surface area contributed by atoms with E-state index in [9.17, 15) is 4.79 Å². The van der Waals surface area contributed by atoms with Crippen LogP contribution in [0.25, 0.3) is 0 Å². The Morgan fingerprint density at radius 3 is 2.57 bits per heavy atom. The molecule has 2 fully saturated rings. The fourth-order valence-electron chi connectivity index (χ4n) is 3.78. The summed E-state index contributed by atoms with van der Waals surface area (Å²) in [4.78, 5) is 16.9. The molecule has 5 heteroatoms. The predicted octanol–water partition coefficient (Wildman–Crippen LogP) is 2.02. The predicted molar refractivity (Wildman–Crippen MR) is 87.0 cm³/mol. The lowest BCUT2D eigenvalue weighted by Crippen LogP contribution is -2.48. The Bertz CT molecular complexity index is 593. The molecule has 2 aliphatic rings. The van der Waals surface area contributed by atoms with Crippen molar-refractivity contribution in [3.05, 3.63) is 29.8 Å². The van der Waals surface area contributed by atoms with Crippen LogP contribution in [0.2, 0.25) is 0 Å². The van der Waals surface area contributed by atoms with E-state index in [1.807, 2.05) is 4.90 Å². The maximum atomic E-state index is 12.5. The number of nitriles is 1. The van der Waals surface area contributed by atoms with Gasteiger partial charge in [0.2, 0.25) is 0 Å². The van der Waals surface area contributed by atoms with E-state index in [1.165, 1.54) is 12.8 Å². The zero-order valence-corrected chi connectivity index (χ0v) is 13.6. The lowest BCUT2D eigenvalue weighted by atomic mass is 10.0. The number of nitrogens with zero attached hydrogens (tertiary/aromatic N) is 3. The first kappa shape index (κ1) is 15.8. The summed E-state index contributed by atoms with van der Waals surface area (Å²) in [5.74, 6) is 0.697. The van der Waals surface area contributed by atoms with Gasteiger partial charge in [0.05, 0.1) is 11.6 Å². The number of rotatable bonds is 4. The minimum Gasteiger partial charge on any atom is -0.484 e. The van der Waals surface area contributed by atoms with E-state index >= 15 is 0 Å². The smallest absolute Gasteiger partial charge is 0.260 e. The van der Waals surface area contributed by atoms with Crippen LogP contribution in [0.15, 0.2) is 24.3 Å². The van der Waals surface area contributed by atoms with E-state index in [1.54, 1.807) is 24.3 Å². The topological polar surface area (TPSA) is 56.6 Å². The van der Waals surface area contributed by atoms with Crippen molar-refractivity contribution in [3.8, 4) is 11.8 Å². The molecule has 0 radical (unpaired) electrons. The van der Waals surface area contributed by atoms with Crippen molar-refractivity contribution < 1.29 is 9.53 Å². The van der Waals surface area contributed by atoms with Crippen molar-refractivity contribution in [3.63, 3.8) is 0 Å². The van der Waals surface area contributed by atoms with Crippen LogP contribution >= 0.6 is 0 Å². The lowest BCUT2D eigenvalue weighted by molar-refractivity contribution is -0.135. The molecule has 1 aromatic carbocycles. The molecule has 0 N–H and O–H groups in total. The van der Waals surface area contributed by atoms with Crippen molar-refractivity contribution >= 4 is 5.91 Å². The highest BCUT2D eigenvalue weighted by molar-refractivity contribution is 5.78. The molecule has 0 aromatic heterocycles. The summed E-state index contributed by atoms with van der Waals surface area (Å²) in [6.45, 7) is 2.04. The molecule has 0 bridgehead atoms. The quantitative estimate of drug-likeness (QED) is 0.853. The molecular weight excluding hydrogens is 290 g/mol. The number of likely N-dealkylation sites (tertiary alicyclic amines) is 2. The molecule has 2 atom stereocenters. The summed E-state index contributed by atoms with van der Waals surface area (Å²) in [7, 11) is 2.16. The second kappa shape index (κ2) is 7.01. The average Bonchev–Trinajstić information content (AvgIpc) is 3.21. The van der Waals surface area contributed by atoms with Gasteiger partial charge in [-0.3, -0.25) is 4.79 Å². The van der Waals surface area contributed by atoms with Crippen LogP contribution in [0, 0.1) is 11.3 Å². The maximum Gasteiger partial charge on any atom is 0.260 e. The first-order valence-corrected chi connectivity index (χ1v) is 8.31. The van der Waals surface area contributed by atoms with Crippen molar-refractivity contribution in [2.24, 2.45) is 0 Å². The normalized spacial score (nSPS) is 24.6. The molecule has 122 valence electrons. The monoisotopic (exact) mass is 313 g/mol. The van der Waals surface area contributed by atoms with E-state index in [0.717, 1.165) is 25.9 Å². The van der Waals surface area contributed by atoms with Gasteiger partial charge in [0, 0.05) is 18.6 Å². The highest BCUT2D eigenvalue weighted by atomic mass is 16.5. The SMILES string of the molecule is CN1CCC[C@H]1[C@@H]1CCCN1C(=O)COc1ccc(C#N)cc1. The maximum absolute atomic E-state index is 12.5. The largest absolute Gasteiger partial charge is 0.484 e.